The van der Waals surface area contributed by atoms with E-state index in [9.17, 15) is 22.8 Å². The zero-order valence-corrected chi connectivity index (χ0v) is 16.2. The third kappa shape index (κ3) is 4.36. The summed E-state index contributed by atoms with van der Waals surface area (Å²) in [6.45, 7) is 0. The Morgan fingerprint density at radius 1 is 0.812 bits per heavy atom. The fraction of sp³-hybridized carbons (Fsp3) is 0.0476. The average Bonchev–Trinajstić information content (AvgIpc) is 3.45. The average molecular weight is 440 g/mol. The fourth-order valence-electron chi connectivity index (χ4n) is 2.88. The van der Waals surface area contributed by atoms with Crippen LogP contribution >= 0.6 is 0 Å². The van der Waals surface area contributed by atoms with Crippen LogP contribution in [0.15, 0.2) is 73.1 Å². The van der Waals surface area contributed by atoms with Gasteiger partial charge in [0.2, 0.25) is 0 Å². The number of carbonyl (C=O) groups excluding carboxylic acids is 2. The number of alkyl halides is 3. The molecule has 0 unspecified atom stereocenters. The number of nitrogens with zero attached hydrogens (tertiary/aromatic N) is 4. The van der Waals surface area contributed by atoms with Crippen molar-refractivity contribution in [2.24, 2.45) is 5.73 Å². The summed E-state index contributed by atoms with van der Waals surface area (Å²) in [5.74, 6) is -1.03. The summed E-state index contributed by atoms with van der Waals surface area (Å²) < 4.78 is 40.7. The highest BCUT2D eigenvalue weighted by molar-refractivity contribution is 6.04. The highest BCUT2D eigenvalue weighted by atomic mass is 19.4. The van der Waals surface area contributed by atoms with Crippen molar-refractivity contribution in [1.82, 2.24) is 19.6 Å². The molecule has 0 saturated heterocycles. The predicted octanol–water partition coefficient (Wildman–Crippen LogP) is 3.43. The first kappa shape index (κ1) is 20.8. The lowest BCUT2D eigenvalue weighted by atomic mass is 10.2. The maximum absolute atomic E-state index is 12.7. The van der Waals surface area contributed by atoms with Gasteiger partial charge in [0.1, 0.15) is 5.69 Å². The van der Waals surface area contributed by atoms with Crippen LogP contribution in [0.4, 0.5) is 18.9 Å². The molecule has 0 aliphatic carbocycles. The van der Waals surface area contributed by atoms with E-state index >= 15 is 0 Å². The maximum Gasteiger partial charge on any atom is 0.435 e. The van der Waals surface area contributed by atoms with E-state index in [-0.39, 0.29) is 5.69 Å². The molecule has 32 heavy (non-hydrogen) atoms. The van der Waals surface area contributed by atoms with Crippen LogP contribution in [-0.2, 0) is 6.18 Å². The molecule has 2 heterocycles. The molecule has 2 amide bonds. The van der Waals surface area contributed by atoms with Gasteiger partial charge in [-0.25, -0.2) is 9.36 Å². The molecule has 2 aromatic carbocycles. The molecule has 0 saturated carbocycles. The van der Waals surface area contributed by atoms with E-state index in [2.05, 4.69) is 15.5 Å². The number of hydrogen-bond acceptors (Lipinski definition) is 4. The van der Waals surface area contributed by atoms with Gasteiger partial charge in [0.15, 0.2) is 5.69 Å². The molecule has 0 radical (unpaired) electrons. The van der Waals surface area contributed by atoms with Crippen LogP contribution in [0.3, 0.4) is 0 Å². The van der Waals surface area contributed by atoms with Gasteiger partial charge in [0.25, 0.3) is 11.8 Å². The second kappa shape index (κ2) is 8.02. The van der Waals surface area contributed by atoms with E-state index in [1.807, 2.05) is 0 Å². The number of aromatic nitrogens is 4. The molecule has 0 aliphatic rings. The SMILES string of the molecule is NC(=O)c1ccn(-c2ccc(NC(=O)c3ccc(-n4ccc(C(F)(F)F)n4)cc3)cc2)n1. The number of nitrogens with one attached hydrogen (secondary N) is 1. The van der Waals surface area contributed by atoms with Crippen LogP contribution in [0, 0.1) is 0 Å². The summed E-state index contributed by atoms with van der Waals surface area (Å²) in [4.78, 5) is 23.6. The van der Waals surface area contributed by atoms with Gasteiger partial charge in [-0.05, 0) is 60.7 Å². The largest absolute Gasteiger partial charge is 0.435 e. The van der Waals surface area contributed by atoms with Crippen LogP contribution in [0.5, 0.6) is 0 Å². The lowest BCUT2D eigenvalue weighted by Gasteiger charge is -2.08. The molecular weight excluding hydrogens is 425 g/mol. The number of halogens is 3. The van der Waals surface area contributed by atoms with Gasteiger partial charge in [-0.2, -0.15) is 23.4 Å². The van der Waals surface area contributed by atoms with Crippen molar-refractivity contribution in [1.29, 1.82) is 0 Å². The Bertz CT molecular complexity index is 1270. The quantitative estimate of drug-likeness (QED) is 0.496. The minimum Gasteiger partial charge on any atom is -0.364 e. The Kier molecular flexibility index (Phi) is 5.23. The molecule has 0 atom stereocenters. The van der Waals surface area contributed by atoms with Crippen LogP contribution < -0.4 is 11.1 Å². The van der Waals surface area contributed by atoms with Crippen molar-refractivity contribution in [2.75, 3.05) is 5.32 Å². The zero-order chi connectivity index (χ0) is 22.9. The summed E-state index contributed by atoms with van der Waals surface area (Å²) >= 11 is 0. The van der Waals surface area contributed by atoms with Crippen molar-refractivity contribution in [3.63, 3.8) is 0 Å². The number of benzene rings is 2. The Labute approximate surface area is 179 Å². The van der Waals surface area contributed by atoms with Gasteiger partial charge in [0.05, 0.1) is 11.4 Å². The summed E-state index contributed by atoms with van der Waals surface area (Å²) in [5.41, 5.74) is 6.21. The summed E-state index contributed by atoms with van der Waals surface area (Å²) in [6.07, 6.45) is -1.74. The molecule has 11 heteroatoms. The normalized spacial score (nSPS) is 11.3. The first-order valence-electron chi connectivity index (χ1n) is 9.21. The van der Waals surface area contributed by atoms with E-state index in [0.29, 0.717) is 22.6 Å². The van der Waals surface area contributed by atoms with E-state index in [1.165, 1.54) is 41.2 Å². The van der Waals surface area contributed by atoms with Gasteiger partial charge < -0.3 is 11.1 Å². The van der Waals surface area contributed by atoms with Crippen LogP contribution in [0.2, 0.25) is 0 Å². The minimum atomic E-state index is -4.53. The van der Waals surface area contributed by atoms with E-state index in [1.54, 1.807) is 30.5 Å². The molecular formula is C21H15F3N6O2. The molecule has 0 spiro atoms. The van der Waals surface area contributed by atoms with Crippen molar-refractivity contribution in [2.45, 2.75) is 6.18 Å². The molecule has 0 fully saturated rings. The molecule has 4 rings (SSSR count). The third-order valence-electron chi connectivity index (χ3n) is 4.50. The topological polar surface area (TPSA) is 108 Å². The first-order valence-corrected chi connectivity index (χ1v) is 9.21. The highest BCUT2D eigenvalue weighted by Gasteiger charge is 2.33. The predicted molar refractivity (Wildman–Crippen MR) is 109 cm³/mol. The van der Waals surface area contributed by atoms with Crippen LogP contribution in [0.1, 0.15) is 26.5 Å². The van der Waals surface area contributed by atoms with E-state index in [0.717, 1.165) is 10.7 Å². The van der Waals surface area contributed by atoms with Gasteiger partial charge in [0, 0.05) is 23.6 Å². The van der Waals surface area contributed by atoms with E-state index in [4.69, 9.17) is 5.73 Å². The number of hydrogen-bond donors (Lipinski definition) is 2. The highest BCUT2D eigenvalue weighted by Crippen LogP contribution is 2.28. The minimum absolute atomic E-state index is 0.135. The second-order valence-corrected chi connectivity index (χ2v) is 6.70. The number of rotatable bonds is 5. The summed E-state index contributed by atoms with van der Waals surface area (Å²) in [7, 11) is 0. The number of amides is 2. The van der Waals surface area contributed by atoms with Crippen molar-refractivity contribution < 1.29 is 22.8 Å². The Hall–Kier alpha value is -4.41. The molecule has 8 nitrogen and oxygen atoms in total. The number of primary amides is 1. The number of anilines is 1. The van der Waals surface area contributed by atoms with Gasteiger partial charge >= 0.3 is 6.18 Å². The summed E-state index contributed by atoms with van der Waals surface area (Å²) in [6, 6.07) is 15.1. The van der Waals surface area contributed by atoms with Crippen molar-refractivity contribution in [3.05, 3.63) is 90.0 Å². The van der Waals surface area contributed by atoms with Crippen LogP contribution in [-0.4, -0.2) is 31.4 Å². The Morgan fingerprint density at radius 2 is 1.38 bits per heavy atom. The first-order chi connectivity index (χ1) is 15.2. The second-order valence-electron chi connectivity index (χ2n) is 6.70. The van der Waals surface area contributed by atoms with Crippen molar-refractivity contribution in [3.8, 4) is 11.4 Å². The monoisotopic (exact) mass is 440 g/mol. The zero-order valence-electron chi connectivity index (χ0n) is 16.2. The lowest BCUT2D eigenvalue weighted by molar-refractivity contribution is -0.141. The van der Waals surface area contributed by atoms with Gasteiger partial charge in [-0.3, -0.25) is 9.59 Å². The maximum atomic E-state index is 12.7. The standard InChI is InChI=1S/C21H15F3N6O2/c22-21(23,24)18-10-12-30(28-18)15-5-1-13(2-6-15)20(32)26-14-3-7-16(8-4-14)29-11-9-17(27-29)19(25)31/h1-12H,(H2,25,31)(H,26,32). The molecule has 4 aromatic rings. The van der Waals surface area contributed by atoms with Gasteiger partial charge in [-0.15, -0.1) is 0 Å². The number of nitrogens with two attached hydrogens (primary N) is 1. The smallest absolute Gasteiger partial charge is 0.364 e. The van der Waals surface area contributed by atoms with E-state index < -0.39 is 23.7 Å². The summed E-state index contributed by atoms with van der Waals surface area (Å²) in [5, 5.41) is 10.3. The molecule has 0 bridgehead atoms. The van der Waals surface area contributed by atoms with Crippen LogP contribution in [0.25, 0.3) is 11.4 Å². The Balaban J connectivity index is 1.43. The lowest BCUT2D eigenvalue weighted by Crippen LogP contribution is -2.13. The van der Waals surface area contributed by atoms with Crippen molar-refractivity contribution >= 4 is 17.5 Å². The molecule has 3 N–H and O–H groups in total. The molecule has 0 aliphatic heterocycles. The molecule has 162 valence electrons. The number of carbonyl (C=O) groups is 2. The Morgan fingerprint density at radius 3 is 1.91 bits per heavy atom. The fourth-order valence-corrected chi connectivity index (χ4v) is 2.88. The molecule has 2 aromatic heterocycles. The van der Waals surface area contributed by atoms with Gasteiger partial charge in [-0.1, -0.05) is 0 Å². The third-order valence-corrected chi connectivity index (χ3v) is 4.50.